The van der Waals surface area contributed by atoms with Crippen LogP contribution in [-0.4, -0.2) is 12.9 Å². The van der Waals surface area contributed by atoms with Crippen LogP contribution in [0, 0.1) is 0 Å². The smallest absolute Gasteiger partial charge is 0.152 e. The van der Waals surface area contributed by atoms with Gasteiger partial charge < -0.3 is 4.74 Å². The van der Waals surface area contributed by atoms with Crippen molar-refractivity contribution in [1.29, 1.82) is 0 Å². The number of rotatable bonds is 3. The summed E-state index contributed by atoms with van der Waals surface area (Å²) in [7, 11) is 1.53. The Morgan fingerprint density at radius 1 is 1.50 bits per heavy atom. The minimum Gasteiger partial charge on any atom is -0.495 e. The first kappa shape index (κ1) is 11.3. The molecule has 0 bridgehead atoms. The summed E-state index contributed by atoms with van der Waals surface area (Å²) in [5.74, 6) is 0.468. The fraction of sp³-hybridized carbons (Fsp3) is 0.300. The lowest BCUT2D eigenvalue weighted by molar-refractivity contribution is -0.116. The first-order chi connectivity index (χ1) is 6.56. The van der Waals surface area contributed by atoms with E-state index in [0.717, 1.165) is 0 Å². The molecule has 0 aromatic heterocycles. The molecule has 0 aliphatic carbocycles. The molecule has 1 rings (SSSR count). The lowest BCUT2D eigenvalue weighted by Gasteiger charge is -2.08. The fourth-order valence-corrected chi connectivity index (χ4v) is 1.48. The molecule has 0 aliphatic rings. The number of Topliss-reactive ketones (excluding diaryl/α,β-unsaturated/α-hetero) is 1. The number of alkyl halides is 1. The van der Waals surface area contributed by atoms with E-state index in [0.29, 0.717) is 16.3 Å². The van der Waals surface area contributed by atoms with Gasteiger partial charge in [-0.3, -0.25) is 4.79 Å². The monoisotopic (exact) mass is 232 g/mol. The van der Waals surface area contributed by atoms with Gasteiger partial charge in [0.15, 0.2) is 5.78 Å². The quantitative estimate of drug-likeness (QED) is 0.749. The Bertz CT molecular complexity index is 350. The second-order valence-electron chi connectivity index (χ2n) is 2.87. The molecule has 0 aliphatic heterocycles. The van der Waals surface area contributed by atoms with Gasteiger partial charge in [-0.15, -0.1) is 11.6 Å². The van der Waals surface area contributed by atoms with Crippen molar-refractivity contribution < 1.29 is 9.53 Å². The molecule has 0 spiro atoms. The number of halogens is 2. The zero-order chi connectivity index (χ0) is 10.7. The van der Waals surface area contributed by atoms with Gasteiger partial charge in [0.05, 0.1) is 12.1 Å². The molecular weight excluding hydrogens is 223 g/mol. The third-order valence-electron chi connectivity index (χ3n) is 1.83. The molecule has 14 heavy (non-hydrogen) atoms. The van der Waals surface area contributed by atoms with Gasteiger partial charge in [0.2, 0.25) is 0 Å². The third-order valence-corrected chi connectivity index (χ3v) is 2.68. The number of hydrogen-bond acceptors (Lipinski definition) is 2. The number of carbonyl (C=O) groups excluding carboxylic acids is 1. The summed E-state index contributed by atoms with van der Waals surface area (Å²) in [5, 5.41) is -0.185. The van der Waals surface area contributed by atoms with E-state index in [-0.39, 0.29) is 5.78 Å². The van der Waals surface area contributed by atoms with Gasteiger partial charge in [0.1, 0.15) is 11.1 Å². The SMILES string of the molecule is COc1ccc(C(Cl)C(C)=O)cc1Cl. The third kappa shape index (κ3) is 2.40. The van der Waals surface area contributed by atoms with E-state index in [2.05, 4.69) is 0 Å². The Morgan fingerprint density at radius 2 is 2.14 bits per heavy atom. The molecular formula is C10H10Cl2O2. The van der Waals surface area contributed by atoms with Crippen molar-refractivity contribution >= 4 is 29.0 Å². The van der Waals surface area contributed by atoms with Crippen molar-refractivity contribution in [3.8, 4) is 5.75 Å². The summed E-state index contributed by atoms with van der Waals surface area (Å²) >= 11 is 11.7. The molecule has 0 fully saturated rings. The maximum Gasteiger partial charge on any atom is 0.152 e. The Kier molecular flexibility index (Phi) is 3.78. The molecule has 0 radical (unpaired) electrons. The first-order valence-electron chi connectivity index (χ1n) is 4.04. The summed E-state index contributed by atoms with van der Waals surface area (Å²) < 4.78 is 4.98. The van der Waals surface area contributed by atoms with Gasteiger partial charge in [-0.05, 0) is 24.6 Å². The highest BCUT2D eigenvalue weighted by Crippen LogP contribution is 2.30. The van der Waals surface area contributed by atoms with Crippen LogP contribution >= 0.6 is 23.2 Å². The maximum absolute atomic E-state index is 11.0. The maximum atomic E-state index is 11.0. The standard InChI is InChI=1S/C10H10Cl2O2/c1-6(13)10(12)7-3-4-9(14-2)8(11)5-7/h3-5,10H,1-2H3. The second kappa shape index (κ2) is 4.67. The molecule has 4 heteroatoms. The largest absolute Gasteiger partial charge is 0.495 e. The molecule has 0 heterocycles. The van der Waals surface area contributed by atoms with Crippen LogP contribution in [-0.2, 0) is 4.79 Å². The van der Waals surface area contributed by atoms with Crippen molar-refractivity contribution in [2.24, 2.45) is 0 Å². The molecule has 1 aromatic carbocycles. The molecule has 0 saturated heterocycles. The van der Waals surface area contributed by atoms with Crippen LogP contribution in [0.15, 0.2) is 18.2 Å². The summed E-state index contributed by atoms with van der Waals surface area (Å²) in [6.45, 7) is 1.44. The van der Waals surface area contributed by atoms with Crippen molar-refractivity contribution in [3.63, 3.8) is 0 Å². The minimum absolute atomic E-state index is 0.104. The van der Waals surface area contributed by atoms with Crippen LogP contribution in [0.3, 0.4) is 0 Å². The van der Waals surface area contributed by atoms with E-state index in [4.69, 9.17) is 27.9 Å². The molecule has 76 valence electrons. The number of ketones is 1. The van der Waals surface area contributed by atoms with Crippen LogP contribution in [0.5, 0.6) is 5.75 Å². The molecule has 1 aromatic rings. The van der Waals surface area contributed by atoms with Gasteiger partial charge in [-0.2, -0.15) is 0 Å². The van der Waals surface area contributed by atoms with Crippen molar-refractivity contribution in [3.05, 3.63) is 28.8 Å². The van der Waals surface area contributed by atoms with E-state index < -0.39 is 5.38 Å². The Hall–Kier alpha value is -0.730. The van der Waals surface area contributed by atoms with Gasteiger partial charge in [0, 0.05) is 0 Å². The predicted octanol–water partition coefficient (Wildman–Crippen LogP) is 3.22. The number of carbonyl (C=O) groups is 1. The number of hydrogen-bond donors (Lipinski definition) is 0. The fourth-order valence-electron chi connectivity index (χ4n) is 1.07. The molecule has 0 saturated carbocycles. The highest BCUT2D eigenvalue weighted by atomic mass is 35.5. The van der Waals surface area contributed by atoms with Gasteiger partial charge >= 0.3 is 0 Å². The number of benzene rings is 1. The molecule has 0 N–H and O–H groups in total. The minimum atomic E-state index is -0.640. The van der Waals surface area contributed by atoms with E-state index in [1.807, 2.05) is 0 Å². The van der Waals surface area contributed by atoms with E-state index in [1.165, 1.54) is 14.0 Å². The summed E-state index contributed by atoms with van der Waals surface area (Å²) in [4.78, 5) is 11.0. The Balaban J connectivity index is 3.02. The highest BCUT2D eigenvalue weighted by Gasteiger charge is 2.14. The zero-order valence-corrected chi connectivity index (χ0v) is 9.39. The summed E-state index contributed by atoms with van der Waals surface area (Å²) in [5.41, 5.74) is 0.685. The van der Waals surface area contributed by atoms with Crippen LogP contribution in [0.4, 0.5) is 0 Å². The van der Waals surface area contributed by atoms with Gasteiger partial charge in [-0.1, -0.05) is 17.7 Å². The van der Waals surface area contributed by atoms with E-state index in [9.17, 15) is 4.79 Å². The summed E-state index contributed by atoms with van der Waals surface area (Å²) in [6, 6.07) is 5.05. The van der Waals surface area contributed by atoms with Gasteiger partial charge in [0.25, 0.3) is 0 Å². The average molecular weight is 233 g/mol. The molecule has 1 unspecified atom stereocenters. The predicted molar refractivity (Wildman–Crippen MR) is 57.3 cm³/mol. The van der Waals surface area contributed by atoms with Gasteiger partial charge in [-0.25, -0.2) is 0 Å². The molecule has 1 atom stereocenters. The Labute approximate surface area is 92.8 Å². The molecule has 2 nitrogen and oxygen atoms in total. The highest BCUT2D eigenvalue weighted by molar-refractivity contribution is 6.33. The normalized spacial score (nSPS) is 12.3. The van der Waals surface area contributed by atoms with Crippen LogP contribution in [0.2, 0.25) is 5.02 Å². The zero-order valence-electron chi connectivity index (χ0n) is 7.88. The summed E-state index contributed by atoms with van der Waals surface area (Å²) in [6.07, 6.45) is 0. The van der Waals surface area contributed by atoms with Crippen LogP contribution in [0.1, 0.15) is 17.9 Å². The van der Waals surface area contributed by atoms with Crippen molar-refractivity contribution in [2.75, 3.05) is 7.11 Å². The molecule has 0 amide bonds. The topological polar surface area (TPSA) is 26.3 Å². The van der Waals surface area contributed by atoms with E-state index in [1.54, 1.807) is 18.2 Å². The second-order valence-corrected chi connectivity index (χ2v) is 3.71. The van der Waals surface area contributed by atoms with Crippen LogP contribution < -0.4 is 4.74 Å². The number of ether oxygens (including phenoxy) is 1. The number of methoxy groups -OCH3 is 1. The lowest BCUT2D eigenvalue weighted by Crippen LogP contribution is -2.01. The average Bonchev–Trinajstić information content (AvgIpc) is 2.16. The van der Waals surface area contributed by atoms with Crippen molar-refractivity contribution in [1.82, 2.24) is 0 Å². The van der Waals surface area contributed by atoms with Crippen molar-refractivity contribution in [2.45, 2.75) is 12.3 Å². The lowest BCUT2D eigenvalue weighted by atomic mass is 10.1. The van der Waals surface area contributed by atoms with Crippen LogP contribution in [0.25, 0.3) is 0 Å². The first-order valence-corrected chi connectivity index (χ1v) is 4.85. The van der Waals surface area contributed by atoms with E-state index >= 15 is 0 Å². The Morgan fingerprint density at radius 3 is 2.57 bits per heavy atom.